The second-order valence-electron chi connectivity index (χ2n) is 4.70. The summed E-state index contributed by atoms with van der Waals surface area (Å²) in [5.41, 5.74) is 0.593. The van der Waals surface area contributed by atoms with Gasteiger partial charge in [0.25, 0.3) is 10.0 Å². The van der Waals surface area contributed by atoms with Crippen molar-refractivity contribution in [2.45, 2.75) is 11.3 Å². The van der Waals surface area contributed by atoms with Gasteiger partial charge in [0.05, 0.1) is 17.2 Å². The van der Waals surface area contributed by atoms with Crippen molar-refractivity contribution in [2.75, 3.05) is 17.5 Å². The zero-order chi connectivity index (χ0) is 14.9. The molecule has 2 aromatic rings. The first-order valence-corrected chi connectivity index (χ1v) is 8.82. The fourth-order valence-electron chi connectivity index (χ4n) is 2.30. The summed E-state index contributed by atoms with van der Waals surface area (Å²) in [4.78, 5) is 0.272. The number of rotatable bonds is 2. The maximum Gasteiger partial charge on any atom is 0.264 e. The molecule has 0 N–H and O–H groups in total. The molecular formula is C15H14BrNO3S. The van der Waals surface area contributed by atoms with Crippen LogP contribution in [0.1, 0.15) is 6.42 Å². The zero-order valence-corrected chi connectivity index (χ0v) is 13.6. The number of fused-ring (bicyclic) bond motifs is 1. The highest BCUT2D eigenvalue weighted by Crippen LogP contribution is 2.34. The van der Waals surface area contributed by atoms with Gasteiger partial charge in [0.1, 0.15) is 5.75 Å². The minimum absolute atomic E-state index is 0.272. The third kappa shape index (κ3) is 2.78. The van der Waals surface area contributed by atoms with Crippen molar-refractivity contribution in [2.24, 2.45) is 0 Å². The van der Waals surface area contributed by atoms with E-state index in [1.807, 2.05) is 12.1 Å². The van der Waals surface area contributed by atoms with Crippen molar-refractivity contribution in [1.29, 1.82) is 0 Å². The smallest absolute Gasteiger partial charge is 0.264 e. The van der Waals surface area contributed by atoms with E-state index in [9.17, 15) is 8.42 Å². The molecule has 4 nitrogen and oxygen atoms in total. The number of halogens is 1. The molecular weight excluding hydrogens is 354 g/mol. The lowest BCUT2D eigenvalue weighted by Crippen LogP contribution is -2.31. The van der Waals surface area contributed by atoms with Crippen LogP contribution in [0.15, 0.2) is 57.9 Å². The molecule has 0 aliphatic carbocycles. The van der Waals surface area contributed by atoms with Crippen LogP contribution in [0.3, 0.4) is 0 Å². The number of hydrogen-bond donors (Lipinski definition) is 0. The molecule has 1 heterocycles. The number of nitrogens with zero attached hydrogens (tertiary/aromatic N) is 1. The van der Waals surface area contributed by atoms with E-state index >= 15 is 0 Å². The topological polar surface area (TPSA) is 46.6 Å². The van der Waals surface area contributed by atoms with Gasteiger partial charge in [-0.3, -0.25) is 4.31 Å². The Kier molecular flexibility index (Phi) is 3.91. The van der Waals surface area contributed by atoms with E-state index in [1.165, 1.54) is 4.31 Å². The third-order valence-electron chi connectivity index (χ3n) is 3.28. The van der Waals surface area contributed by atoms with E-state index in [2.05, 4.69) is 15.9 Å². The van der Waals surface area contributed by atoms with Crippen LogP contribution in [0.5, 0.6) is 5.75 Å². The van der Waals surface area contributed by atoms with Crippen molar-refractivity contribution in [3.05, 3.63) is 53.0 Å². The van der Waals surface area contributed by atoms with Crippen molar-refractivity contribution < 1.29 is 13.2 Å². The monoisotopic (exact) mass is 367 g/mol. The minimum atomic E-state index is -3.60. The highest BCUT2D eigenvalue weighted by Gasteiger charge is 2.28. The number of para-hydroxylation sites is 2. The van der Waals surface area contributed by atoms with Crippen LogP contribution >= 0.6 is 15.9 Å². The Bertz CT molecular complexity index is 761. The van der Waals surface area contributed by atoms with Crippen LogP contribution in [-0.4, -0.2) is 21.6 Å². The highest BCUT2D eigenvalue weighted by molar-refractivity contribution is 9.10. The Balaban J connectivity index is 2.11. The van der Waals surface area contributed by atoms with Crippen molar-refractivity contribution in [1.82, 2.24) is 0 Å². The summed E-state index contributed by atoms with van der Waals surface area (Å²) in [6, 6.07) is 14.0. The largest absolute Gasteiger partial charge is 0.491 e. The summed E-state index contributed by atoms with van der Waals surface area (Å²) in [7, 11) is -3.60. The molecule has 0 aromatic heterocycles. The van der Waals surface area contributed by atoms with E-state index in [4.69, 9.17) is 4.74 Å². The second-order valence-corrected chi connectivity index (χ2v) is 7.48. The maximum atomic E-state index is 12.9. The first-order valence-electron chi connectivity index (χ1n) is 6.59. The lowest BCUT2D eigenvalue weighted by Gasteiger charge is -2.23. The van der Waals surface area contributed by atoms with Gasteiger partial charge in [0.15, 0.2) is 0 Å². The van der Waals surface area contributed by atoms with Gasteiger partial charge in [-0.15, -0.1) is 0 Å². The van der Waals surface area contributed by atoms with E-state index in [1.54, 1.807) is 36.4 Å². The fraction of sp³-hybridized carbons (Fsp3) is 0.200. The molecule has 0 saturated carbocycles. The minimum Gasteiger partial charge on any atom is -0.491 e. The lowest BCUT2D eigenvalue weighted by atomic mass is 10.3. The van der Waals surface area contributed by atoms with Gasteiger partial charge in [-0.2, -0.15) is 0 Å². The molecule has 3 rings (SSSR count). The van der Waals surface area contributed by atoms with Gasteiger partial charge in [0.2, 0.25) is 0 Å². The first-order chi connectivity index (χ1) is 10.1. The number of ether oxygens (including phenoxy) is 1. The zero-order valence-electron chi connectivity index (χ0n) is 11.2. The Hall–Kier alpha value is -1.53. The molecule has 0 unspecified atom stereocenters. The van der Waals surface area contributed by atoms with Crippen LogP contribution in [0, 0.1) is 0 Å². The van der Waals surface area contributed by atoms with E-state index in [-0.39, 0.29) is 4.90 Å². The van der Waals surface area contributed by atoms with Crippen molar-refractivity contribution in [3.63, 3.8) is 0 Å². The van der Waals surface area contributed by atoms with Crippen LogP contribution < -0.4 is 9.04 Å². The Labute approximate surface area is 132 Å². The standard InChI is InChI=1S/C15H14BrNO3S/c16-12-5-3-6-13(11-12)21(18,19)17-9-4-10-20-15-8-2-1-7-14(15)17/h1-3,5-8,11H,4,9-10H2. The average molecular weight is 368 g/mol. The maximum absolute atomic E-state index is 12.9. The molecule has 2 aromatic carbocycles. The molecule has 1 aliphatic rings. The van der Waals surface area contributed by atoms with Crippen LogP contribution in [-0.2, 0) is 10.0 Å². The van der Waals surface area contributed by atoms with Gasteiger partial charge in [0, 0.05) is 17.4 Å². The SMILES string of the molecule is O=S(=O)(c1cccc(Br)c1)N1CCCOc2ccccc21. The third-order valence-corrected chi connectivity index (χ3v) is 5.58. The summed E-state index contributed by atoms with van der Waals surface area (Å²) < 4.78 is 33.6. The van der Waals surface area contributed by atoms with E-state index < -0.39 is 10.0 Å². The number of anilines is 1. The molecule has 0 atom stereocenters. The molecule has 0 amide bonds. The van der Waals surface area contributed by atoms with Crippen molar-refractivity contribution in [3.8, 4) is 5.75 Å². The molecule has 0 fully saturated rings. The summed E-state index contributed by atoms with van der Waals surface area (Å²) in [5, 5.41) is 0. The normalized spacial score (nSPS) is 15.0. The Morgan fingerprint density at radius 1 is 1.10 bits per heavy atom. The summed E-state index contributed by atoms with van der Waals surface area (Å²) >= 11 is 3.32. The molecule has 1 aliphatic heterocycles. The summed E-state index contributed by atoms with van der Waals surface area (Å²) in [5.74, 6) is 0.605. The van der Waals surface area contributed by atoms with Gasteiger partial charge in [-0.1, -0.05) is 34.1 Å². The van der Waals surface area contributed by atoms with E-state index in [0.29, 0.717) is 31.0 Å². The van der Waals surface area contributed by atoms with Gasteiger partial charge in [-0.05, 0) is 30.3 Å². The average Bonchev–Trinajstić information content (AvgIpc) is 2.70. The van der Waals surface area contributed by atoms with Gasteiger partial charge in [-0.25, -0.2) is 8.42 Å². The molecule has 6 heteroatoms. The van der Waals surface area contributed by atoms with Crippen LogP contribution in [0.25, 0.3) is 0 Å². The quantitative estimate of drug-likeness (QED) is 0.816. The predicted octanol–water partition coefficient (Wildman–Crippen LogP) is 3.43. The van der Waals surface area contributed by atoms with Crippen LogP contribution in [0.2, 0.25) is 0 Å². The highest BCUT2D eigenvalue weighted by atomic mass is 79.9. The molecule has 21 heavy (non-hydrogen) atoms. The number of benzene rings is 2. The second kappa shape index (κ2) is 5.69. The van der Waals surface area contributed by atoms with Crippen LogP contribution in [0.4, 0.5) is 5.69 Å². The molecule has 0 saturated heterocycles. The van der Waals surface area contributed by atoms with Crippen molar-refractivity contribution >= 4 is 31.6 Å². The summed E-state index contributed by atoms with van der Waals surface area (Å²) in [6.07, 6.45) is 0.655. The van der Waals surface area contributed by atoms with Gasteiger partial charge < -0.3 is 4.74 Å². The Morgan fingerprint density at radius 2 is 1.90 bits per heavy atom. The predicted molar refractivity (Wildman–Crippen MR) is 85.2 cm³/mol. The molecule has 0 bridgehead atoms. The van der Waals surface area contributed by atoms with E-state index in [0.717, 1.165) is 4.47 Å². The fourth-order valence-corrected chi connectivity index (χ4v) is 4.41. The molecule has 0 radical (unpaired) electrons. The first kappa shape index (κ1) is 14.4. The van der Waals surface area contributed by atoms with Gasteiger partial charge >= 0.3 is 0 Å². The number of sulfonamides is 1. The summed E-state index contributed by atoms with van der Waals surface area (Å²) in [6.45, 7) is 0.924. The molecule has 0 spiro atoms. The molecule has 110 valence electrons. The number of hydrogen-bond acceptors (Lipinski definition) is 3. The lowest BCUT2D eigenvalue weighted by molar-refractivity contribution is 0.322. The Morgan fingerprint density at radius 3 is 2.71 bits per heavy atom.